The zero-order valence-electron chi connectivity index (χ0n) is 10.2. The predicted molar refractivity (Wildman–Crippen MR) is 69.6 cm³/mol. The summed E-state index contributed by atoms with van der Waals surface area (Å²) in [5, 5.41) is 0. The highest BCUT2D eigenvalue weighted by atomic mass is 32.2. The van der Waals surface area contributed by atoms with Gasteiger partial charge in [-0.2, -0.15) is 4.21 Å². The summed E-state index contributed by atoms with van der Waals surface area (Å²) in [7, 11) is 0. The second-order valence-electron chi connectivity index (χ2n) is 4.15. The molecule has 0 saturated heterocycles. The molecular formula is C13H18O3S. The molecule has 0 saturated carbocycles. The summed E-state index contributed by atoms with van der Waals surface area (Å²) in [6.07, 6.45) is 2.30. The van der Waals surface area contributed by atoms with Crippen molar-refractivity contribution in [3.8, 4) is 0 Å². The van der Waals surface area contributed by atoms with E-state index in [1.54, 1.807) is 19.9 Å². The van der Waals surface area contributed by atoms with Crippen LogP contribution in [0, 0.1) is 0 Å². The van der Waals surface area contributed by atoms with Crippen LogP contribution in [0.5, 0.6) is 0 Å². The molecule has 0 aliphatic carbocycles. The fourth-order valence-electron chi connectivity index (χ4n) is 1.11. The summed E-state index contributed by atoms with van der Waals surface area (Å²) >= 11 is -1.73. The van der Waals surface area contributed by atoms with Crippen molar-refractivity contribution in [2.24, 2.45) is 0 Å². The number of hydrogen-bond donors (Lipinski definition) is 0. The second kappa shape index (κ2) is 6.69. The Hall–Kier alpha value is -0.970. The Labute approximate surface area is 105 Å². The van der Waals surface area contributed by atoms with Crippen LogP contribution in [-0.2, 0) is 26.1 Å². The van der Waals surface area contributed by atoms with Crippen molar-refractivity contribution in [3.05, 3.63) is 48.6 Å². The minimum Gasteiger partial charge on any atom is -0.268 e. The molecule has 94 valence electrons. The molecule has 0 bridgehead atoms. The molecule has 17 heavy (non-hydrogen) atoms. The van der Waals surface area contributed by atoms with Crippen LogP contribution in [0.1, 0.15) is 19.4 Å². The molecule has 0 radical (unpaired) electrons. The molecule has 1 rings (SSSR count). The molecule has 0 amide bonds. The lowest BCUT2D eigenvalue weighted by molar-refractivity contribution is 0.149. The summed E-state index contributed by atoms with van der Waals surface area (Å²) in [5.41, 5.74) is 0.505. The van der Waals surface area contributed by atoms with Crippen LogP contribution < -0.4 is 0 Å². The quantitative estimate of drug-likeness (QED) is 0.702. The van der Waals surface area contributed by atoms with Gasteiger partial charge >= 0.3 is 11.4 Å². The van der Waals surface area contributed by atoms with Gasteiger partial charge in [-0.3, -0.25) is 8.37 Å². The Kier molecular flexibility index (Phi) is 5.55. The third kappa shape index (κ3) is 5.77. The van der Waals surface area contributed by atoms with Crippen molar-refractivity contribution >= 4 is 11.4 Å². The van der Waals surface area contributed by atoms with Crippen molar-refractivity contribution in [1.82, 2.24) is 0 Å². The van der Waals surface area contributed by atoms with E-state index in [4.69, 9.17) is 8.37 Å². The van der Waals surface area contributed by atoms with Crippen molar-refractivity contribution < 1.29 is 12.6 Å². The summed E-state index contributed by atoms with van der Waals surface area (Å²) in [5.74, 6) is 0. The Morgan fingerprint density at radius 2 is 2.00 bits per heavy atom. The summed E-state index contributed by atoms with van der Waals surface area (Å²) in [6, 6.07) is 9.88. The lowest BCUT2D eigenvalue weighted by Crippen LogP contribution is -2.23. The largest absolute Gasteiger partial charge is 0.305 e. The van der Waals surface area contributed by atoms with Gasteiger partial charge in [-0.05, 0) is 25.8 Å². The van der Waals surface area contributed by atoms with Crippen LogP contribution in [0.25, 0.3) is 0 Å². The third-order valence-corrected chi connectivity index (χ3v) is 3.11. The monoisotopic (exact) mass is 254 g/mol. The van der Waals surface area contributed by atoms with Gasteiger partial charge in [-0.25, -0.2) is 0 Å². The van der Waals surface area contributed by atoms with Crippen LogP contribution in [0.4, 0.5) is 0 Å². The van der Waals surface area contributed by atoms with Crippen molar-refractivity contribution in [3.63, 3.8) is 0 Å². The van der Waals surface area contributed by atoms with E-state index in [0.29, 0.717) is 13.0 Å². The van der Waals surface area contributed by atoms with Crippen LogP contribution in [-0.4, -0.2) is 16.4 Å². The molecule has 0 aromatic heterocycles. The zero-order chi connectivity index (χ0) is 12.7. The van der Waals surface area contributed by atoms with Crippen molar-refractivity contribution in [2.45, 2.75) is 25.9 Å². The van der Waals surface area contributed by atoms with Gasteiger partial charge in [0.15, 0.2) is 0 Å². The number of rotatable bonds is 7. The summed E-state index contributed by atoms with van der Waals surface area (Å²) < 4.78 is 21.7. The van der Waals surface area contributed by atoms with E-state index < -0.39 is 17.0 Å². The van der Waals surface area contributed by atoms with Crippen LogP contribution in [0.3, 0.4) is 0 Å². The Morgan fingerprint density at radius 1 is 1.35 bits per heavy atom. The average molecular weight is 254 g/mol. The minimum atomic E-state index is -1.73. The fraction of sp³-hybridized carbons (Fsp3) is 0.385. The smallest absolute Gasteiger partial charge is 0.268 e. The molecule has 0 aliphatic heterocycles. The van der Waals surface area contributed by atoms with Gasteiger partial charge in [0.1, 0.15) is 0 Å². The normalized spacial score (nSPS) is 13.3. The highest BCUT2D eigenvalue weighted by Crippen LogP contribution is 2.12. The first kappa shape index (κ1) is 14.1. The van der Waals surface area contributed by atoms with Gasteiger partial charge in [-0.1, -0.05) is 36.4 Å². The van der Waals surface area contributed by atoms with E-state index in [1.807, 2.05) is 30.3 Å². The van der Waals surface area contributed by atoms with E-state index in [-0.39, 0.29) is 0 Å². The second-order valence-corrected chi connectivity index (χ2v) is 4.96. The molecule has 0 N–H and O–H groups in total. The molecule has 1 unspecified atom stereocenters. The lowest BCUT2D eigenvalue weighted by Gasteiger charge is -2.18. The SMILES string of the molecule is C=CC(C)(C)OS(=O)OCCc1ccccc1. The highest BCUT2D eigenvalue weighted by molar-refractivity contribution is 7.75. The van der Waals surface area contributed by atoms with E-state index in [2.05, 4.69) is 6.58 Å². The average Bonchev–Trinajstić information content (AvgIpc) is 2.30. The van der Waals surface area contributed by atoms with Gasteiger partial charge < -0.3 is 0 Å². The van der Waals surface area contributed by atoms with E-state index in [9.17, 15) is 4.21 Å². The molecule has 1 aromatic carbocycles. The molecule has 0 aliphatic rings. The molecule has 3 nitrogen and oxygen atoms in total. The van der Waals surface area contributed by atoms with Crippen LogP contribution in [0.2, 0.25) is 0 Å². The molecular weight excluding hydrogens is 236 g/mol. The van der Waals surface area contributed by atoms with E-state index >= 15 is 0 Å². The maximum atomic E-state index is 11.4. The van der Waals surface area contributed by atoms with E-state index in [1.165, 1.54) is 0 Å². The first-order valence-electron chi connectivity index (χ1n) is 5.45. The molecule has 1 aromatic rings. The Morgan fingerprint density at radius 3 is 2.59 bits per heavy atom. The first-order valence-corrected chi connectivity index (χ1v) is 6.45. The third-order valence-electron chi connectivity index (χ3n) is 2.19. The molecule has 4 heteroatoms. The Bertz CT molecular complexity index is 374. The molecule has 0 spiro atoms. The summed E-state index contributed by atoms with van der Waals surface area (Å²) in [4.78, 5) is 0. The van der Waals surface area contributed by atoms with E-state index in [0.717, 1.165) is 5.56 Å². The Balaban J connectivity index is 2.28. The van der Waals surface area contributed by atoms with Crippen LogP contribution in [0.15, 0.2) is 43.0 Å². The van der Waals surface area contributed by atoms with Gasteiger partial charge in [0, 0.05) is 0 Å². The topological polar surface area (TPSA) is 35.5 Å². The standard InChI is InChI=1S/C13H18O3S/c1-4-13(2,3)16-17(14)15-11-10-12-8-6-5-7-9-12/h4-9H,1,10-11H2,2-3H3. The number of hydrogen-bond acceptors (Lipinski definition) is 3. The molecule has 0 heterocycles. The van der Waals surface area contributed by atoms with Crippen molar-refractivity contribution in [1.29, 1.82) is 0 Å². The first-order chi connectivity index (χ1) is 8.03. The van der Waals surface area contributed by atoms with Crippen LogP contribution >= 0.6 is 0 Å². The van der Waals surface area contributed by atoms with Gasteiger partial charge in [0.2, 0.25) is 0 Å². The summed E-state index contributed by atoms with van der Waals surface area (Å²) in [6.45, 7) is 7.52. The van der Waals surface area contributed by atoms with Gasteiger partial charge in [-0.15, -0.1) is 6.58 Å². The minimum absolute atomic E-state index is 0.365. The maximum Gasteiger partial charge on any atom is 0.305 e. The fourth-order valence-corrected chi connectivity index (χ4v) is 1.79. The number of benzene rings is 1. The molecule has 0 fully saturated rings. The predicted octanol–water partition coefficient (Wildman–Crippen LogP) is 2.81. The maximum absolute atomic E-state index is 11.4. The van der Waals surface area contributed by atoms with Crippen molar-refractivity contribution in [2.75, 3.05) is 6.61 Å². The van der Waals surface area contributed by atoms with Gasteiger partial charge in [0.05, 0.1) is 12.2 Å². The van der Waals surface area contributed by atoms with Gasteiger partial charge in [0.25, 0.3) is 0 Å². The zero-order valence-corrected chi connectivity index (χ0v) is 11.0. The lowest BCUT2D eigenvalue weighted by atomic mass is 10.1. The highest BCUT2D eigenvalue weighted by Gasteiger charge is 2.18. The molecule has 1 atom stereocenters.